The number of nitrogens with zero attached hydrogens (tertiary/aromatic N) is 2. The van der Waals surface area contributed by atoms with Crippen molar-refractivity contribution >= 4 is 5.91 Å². The summed E-state index contributed by atoms with van der Waals surface area (Å²) in [5, 5.41) is 10.9. The lowest BCUT2D eigenvalue weighted by atomic mass is 9.88. The maximum atomic E-state index is 12.6. The summed E-state index contributed by atoms with van der Waals surface area (Å²) in [4.78, 5) is 16.9. The number of amides is 1. The number of carbonyl (C=O) groups is 1. The van der Waals surface area contributed by atoms with Gasteiger partial charge < -0.3 is 10.0 Å². The van der Waals surface area contributed by atoms with Crippen molar-refractivity contribution in [3.8, 4) is 0 Å². The number of hydrogen-bond donors (Lipinski definition) is 1. The van der Waals surface area contributed by atoms with Gasteiger partial charge in [0.25, 0.3) is 0 Å². The Bertz CT molecular complexity index is 628. The number of carbonyl (C=O) groups excluding carboxylic acids is 1. The van der Waals surface area contributed by atoms with E-state index in [0.29, 0.717) is 18.3 Å². The Morgan fingerprint density at radius 2 is 2.04 bits per heavy atom. The van der Waals surface area contributed by atoms with Crippen LogP contribution in [-0.2, 0) is 17.8 Å². The molecule has 1 saturated carbocycles. The van der Waals surface area contributed by atoms with Crippen LogP contribution < -0.4 is 0 Å². The lowest BCUT2D eigenvalue weighted by Crippen LogP contribution is -2.40. The molecule has 0 bridgehead atoms. The minimum absolute atomic E-state index is 0.249. The zero-order valence-electron chi connectivity index (χ0n) is 14.6. The molecule has 24 heavy (non-hydrogen) atoms. The average Bonchev–Trinajstić information content (AvgIpc) is 3.40. The molecule has 1 amide bonds. The summed E-state index contributed by atoms with van der Waals surface area (Å²) in [5.74, 6) is 1.06. The first-order chi connectivity index (χ1) is 11.6. The second kappa shape index (κ2) is 6.16. The van der Waals surface area contributed by atoms with Gasteiger partial charge in [0.15, 0.2) is 0 Å². The minimum atomic E-state index is -0.507. The first-order valence-electron chi connectivity index (χ1n) is 9.35. The average molecular weight is 328 g/mol. The van der Waals surface area contributed by atoms with E-state index in [9.17, 15) is 9.90 Å². The molecule has 3 aliphatic rings. The number of likely N-dealkylation sites (tertiary alicyclic amines) is 1. The van der Waals surface area contributed by atoms with Gasteiger partial charge >= 0.3 is 0 Å². The van der Waals surface area contributed by atoms with E-state index in [1.54, 1.807) is 0 Å². The third kappa shape index (κ3) is 2.98. The molecule has 0 radical (unpaired) electrons. The van der Waals surface area contributed by atoms with Gasteiger partial charge in [-0.25, -0.2) is 0 Å². The molecule has 4 heteroatoms. The quantitative estimate of drug-likeness (QED) is 0.920. The van der Waals surface area contributed by atoms with E-state index in [1.807, 2.05) is 4.90 Å². The van der Waals surface area contributed by atoms with Crippen LogP contribution in [0.1, 0.15) is 37.3 Å². The summed E-state index contributed by atoms with van der Waals surface area (Å²) in [6.07, 6.45) is 3.86. The van der Waals surface area contributed by atoms with Crippen molar-refractivity contribution in [2.75, 3.05) is 26.2 Å². The van der Waals surface area contributed by atoms with Crippen LogP contribution in [-0.4, -0.2) is 52.6 Å². The highest BCUT2D eigenvalue weighted by Crippen LogP contribution is 2.46. The number of benzene rings is 1. The predicted molar refractivity (Wildman–Crippen MR) is 93.5 cm³/mol. The second-order valence-electron chi connectivity index (χ2n) is 7.99. The molecule has 1 aliphatic carbocycles. The monoisotopic (exact) mass is 328 g/mol. The fourth-order valence-corrected chi connectivity index (χ4v) is 4.53. The Hall–Kier alpha value is -1.39. The second-order valence-corrected chi connectivity index (χ2v) is 7.99. The summed E-state index contributed by atoms with van der Waals surface area (Å²) >= 11 is 0. The minimum Gasteiger partial charge on any atom is -0.388 e. The molecule has 1 N–H and O–H groups in total. The summed E-state index contributed by atoms with van der Waals surface area (Å²) in [5.41, 5.74) is 2.16. The molecule has 1 aromatic carbocycles. The number of hydrogen-bond acceptors (Lipinski definition) is 3. The molecule has 4 nitrogen and oxygen atoms in total. The largest absolute Gasteiger partial charge is 0.388 e. The number of aliphatic hydroxyl groups is 1. The van der Waals surface area contributed by atoms with Crippen molar-refractivity contribution in [1.82, 2.24) is 9.80 Å². The van der Waals surface area contributed by atoms with Gasteiger partial charge in [-0.3, -0.25) is 9.69 Å². The highest BCUT2D eigenvalue weighted by atomic mass is 16.3. The number of β-amino-alcohol motifs (C(OH)–C–C–N with tert-alkyl or cyclic N) is 1. The molecule has 2 fully saturated rings. The first kappa shape index (κ1) is 16.1. The van der Waals surface area contributed by atoms with Crippen molar-refractivity contribution in [3.05, 3.63) is 35.4 Å². The van der Waals surface area contributed by atoms with Crippen molar-refractivity contribution in [2.45, 2.75) is 44.8 Å². The van der Waals surface area contributed by atoms with Gasteiger partial charge in [0, 0.05) is 39.1 Å². The van der Waals surface area contributed by atoms with E-state index in [-0.39, 0.29) is 5.91 Å². The highest BCUT2D eigenvalue weighted by Gasteiger charge is 2.52. The van der Waals surface area contributed by atoms with E-state index in [1.165, 1.54) is 24.0 Å². The van der Waals surface area contributed by atoms with Gasteiger partial charge in [0.2, 0.25) is 5.91 Å². The standard InChI is InChI=1S/C20H28N2O2/c1-15-12-21(14-20(15,24)18-6-7-18)10-9-19(23)22-11-8-16-4-2-3-5-17(16)13-22/h2-5,15,18,24H,6-14H2,1H3/t15-,20+/m1/s1. The van der Waals surface area contributed by atoms with E-state index < -0.39 is 5.60 Å². The molecule has 2 atom stereocenters. The van der Waals surface area contributed by atoms with Crippen LogP contribution in [0, 0.1) is 11.8 Å². The Morgan fingerprint density at radius 1 is 1.29 bits per heavy atom. The molecular weight excluding hydrogens is 300 g/mol. The molecule has 0 spiro atoms. The molecule has 1 saturated heterocycles. The molecule has 2 aliphatic heterocycles. The van der Waals surface area contributed by atoms with Crippen LogP contribution in [0.5, 0.6) is 0 Å². The van der Waals surface area contributed by atoms with Crippen LogP contribution in [0.15, 0.2) is 24.3 Å². The third-order valence-corrected chi connectivity index (χ3v) is 6.27. The van der Waals surface area contributed by atoms with Crippen LogP contribution in [0.4, 0.5) is 0 Å². The summed E-state index contributed by atoms with van der Waals surface area (Å²) in [6.45, 7) is 6.17. The summed E-state index contributed by atoms with van der Waals surface area (Å²) < 4.78 is 0. The maximum Gasteiger partial charge on any atom is 0.224 e. The molecule has 0 aromatic heterocycles. The molecule has 4 rings (SSSR count). The Morgan fingerprint density at radius 3 is 2.79 bits per heavy atom. The number of fused-ring (bicyclic) bond motifs is 1. The SMILES string of the molecule is C[C@@H]1CN(CCC(=O)N2CCc3ccccc3C2)C[C@@]1(O)C1CC1. The Labute approximate surface area is 144 Å². The van der Waals surface area contributed by atoms with E-state index in [0.717, 1.165) is 39.1 Å². The van der Waals surface area contributed by atoms with Crippen LogP contribution in [0.25, 0.3) is 0 Å². The van der Waals surface area contributed by atoms with Gasteiger partial charge in [0.1, 0.15) is 0 Å². The molecule has 2 heterocycles. The van der Waals surface area contributed by atoms with Crippen LogP contribution in [0.2, 0.25) is 0 Å². The summed E-state index contributed by atoms with van der Waals surface area (Å²) in [7, 11) is 0. The fraction of sp³-hybridized carbons (Fsp3) is 0.650. The van der Waals surface area contributed by atoms with Crippen molar-refractivity contribution < 1.29 is 9.90 Å². The molecular formula is C20H28N2O2. The summed E-state index contributed by atoms with van der Waals surface area (Å²) in [6, 6.07) is 8.43. The van der Waals surface area contributed by atoms with E-state index in [4.69, 9.17) is 0 Å². The van der Waals surface area contributed by atoms with Gasteiger partial charge in [0.05, 0.1) is 5.60 Å². The highest BCUT2D eigenvalue weighted by molar-refractivity contribution is 5.76. The van der Waals surface area contributed by atoms with Crippen molar-refractivity contribution in [2.24, 2.45) is 11.8 Å². The molecule has 0 unspecified atom stereocenters. The van der Waals surface area contributed by atoms with Crippen LogP contribution in [0.3, 0.4) is 0 Å². The van der Waals surface area contributed by atoms with Gasteiger partial charge in [-0.15, -0.1) is 0 Å². The predicted octanol–water partition coefficient (Wildman–Crippen LogP) is 2.05. The normalized spacial score (nSPS) is 30.4. The van der Waals surface area contributed by atoms with E-state index in [2.05, 4.69) is 36.1 Å². The Kier molecular flexibility index (Phi) is 4.13. The van der Waals surface area contributed by atoms with Crippen molar-refractivity contribution in [1.29, 1.82) is 0 Å². The lowest BCUT2D eigenvalue weighted by Gasteiger charge is -2.30. The molecule has 130 valence electrons. The smallest absolute Gasteiger partial charge is 0.224 e. The fourth-order valence-electron chi connectivity index (χ4n) is 4.53. The molecule has 1 aromatic rings. The van der Waals surface area contributed by atoms with Gasteiger partial charge in [-0.1, -0.05) is 31.2 Å². The maximum absolute atomic E-state index is 12.6. The zero-order valence-corrected chi connectivity index (χ0v) is 14.6. The van der Waals surface area contributed by atoms with Crippen molar-refractivity contribution in [3.63, 3.8) is 0 Å². The third-order valence-electron chi connectivity index (χ3n) is 6.27. The first-order valence-corrected chi connectivity index (χ1v) is 9.35. The van der Waals surface area contributed by atoms with Gasteiger partial charge in [-0.05, 0) is 42.2 Å². The zero-order chi connectivity index (χ0) is 16.7. The Balaban J connectivity index is 1.30. The topological polar surface area (TPSA) is 43.8 Å². The van der Waals surface area contributed by atoms with Crippen LogP contribution >= 0.6 is 0 Å². The van der Waals surface area contributed by atoms with Gasteiger partial charge in [-0.2, -0.15) is 0 Å². The number of rotatable bonds is 4. The lowest BCUT2D eigenvalue weighted by molar-refractivity contribution is -0.132. The van der Waals surface area contributed by atoms with E-state index >= 15 is 0 Å².